The van der Waals surface area contributed by atoms with Crippen LogP contribution in [0.2, 0.25) is 0 Å². The molecule has 0 bridgehead atoms. The minimum atomic E-state index is -0.641. The Bertz CT molecular complexity index is 404. The van der Waals surface area contributed by atoms with Crippen LogP contribution < -0.4 is 5.32 Å². The molecule has 0 saturated carbocycles. The summed E-state index contributed by atoms with van der Waals surface area (Å²) in [4.78, 5) is 36.2. The first-order valence-corrected chi connectivity index (χ1v) is 7.47. The predicted molar refractivity (Wildman–Crippen MR) is 77.5 cm³/mol. The lowest BCUT2D eigenvalue weighted by Gasteiger charge is -2.33. The van der Waals surface area contributed by atoms with Crippen molar-refractivity contribution in [2.75, 3.05) is 12.3 Å². The van der Waals surface area contributed by atoms with E-state index in [4.69, 9.17) is 4.74 Å². The molecule has 1 aliphatic rings. The van der Waals surface area contributed by atoms with Gasteiger partial charge < -0.3 is 19.7 Å². The number of carbonyl (C=O) groups excluding carboxylic acids is 3. The van der Waals surface area contributed by atoms with Crippen molar-refractivity contribution < 1.29 is 19.1 Å². The molecular formula is C13H22N2O4S. The minimum Gasteiger partial charge on any atom is -0.444 e. The lowest BCUT2D eigenvalue weighted by atomic mass is 10.1. The van der Waals surface area contributed by atoms with Crippen LogP contribution in [0, 0.1) is 0 Å². The molecule has 0 aliphatic carbocycles. The molecule has 114 valence electrons. The van der Waals surface area contributed by atoms with Gasteiger partial charge in [-0.05, 0) is 34.6 Å². The van der Waals surface area contributed by atoms with Crippen LogP contribution in [-0.4, -0.2) is 52.0 Å². The summed E-state index contributed by atoms with van der Waals surface area (Å²) >= 11 is 1.42. The molecule has 7 heteroatoms. The van der Waals surface area contributed by atoms with E-state index in [0.29, 0.717) is 5.75 Å². The topological polar surface area (TPSA) is 75.7 Å². The summed E-state index contributed by atoms with van der Waals surface area (Å²) in [5.74, 6) is 0.400. The molecule has 6 nitrogen and oxygen atoms in total. The fourth-order valence-electron chi connectivity index (χ4n) is 1.90. The zero-order valence-electron chi connectivity index (χ0n) is 12.6. The molecule has 1 atom stereocenters. The highest BCUT2D eigenvalue weighted by molar-refractivity contribution is 8.00. The van der Waals surface area contributed by atoms with Gasteiger partial charge in [-0.2, -0.15) is 0 Å². The standard InChI is InChI=1S/C13H22N2O4S/c1-12(2,3)19-11(18)14-6-9(17)15-10(7-16)20-8-13(15,4)5/h7,10H,6,8H2,1-5H3,(H,14,18). The van der Waals surface area contributed by atoms with Gasteiger partial charge in [0.2, 0.25) is 5.91 Å². The molecular weight excluding hydrogens is 280 g/mol. The first-order chi connectivity index (χ1) is 9.07. The van der Waals surface area contributed by atoms with Crippen molar-refractivity contribution in [1.82, 2.24) is 10.2 Å². The van der Waals surface area contributed by atoms with Crippen LogP contribution in [0.1, 0.15) is 34.6 Å². The molecule has 0 aromatic carbocycles. The van der Waals surface area contributed by atoms with Crippen LogP contribution in [0.25, 0.3) is 0 Å². The zero-order chi connectivity index (χ0) is 15.6. The van der Waals surface area contributed by atoms with Crippen molar-refractivity contribution in [3.05, 3.63) is 0 Å². The number of ether oxygens (including phenoxy) is 1. The van der Waals surface area contributed by atoms with E-state index in [0.717, 1.165) is 6.29 Å². The number of nitrogens with one attached hydrogen (secondary N) is 1. The molecule has 2 amide bonds. The molecule has 1 aliphatic heterocycles. The van der Waals surface area contributed by atoms with Gasteiger partial charge in [0.1, 0.15) is 17.5 Å². The lowest BCUT2D eigenvalue weighted by molar-refractivity contribution is -0.137. The number of thioether (sulfide) groups is 1. The van der Waals surface area contributed by atoms with Gasteiger partial charge in [0.15, 0.2) is 6.29 Å². The van der Waals surface area contributed by atoms with E-state index in [-0.39, 0.29) is 12.5 Å². The maximum atomic E-state index is 12.2. The third-order valence-electron chi connectivity index (χ3n) is 2.68. The van der Waals surface area contributed by atoms with Gasteiger partial charge >= 0.3 is 6.09 Å². The van der Waals surface area contributed by atoms with Crippen LogP contribution >= 0.6 is 11.8 Å². The number of hydrogen-bond acceptors (Lipinski definition) is 5. The highest BCUT2D eigenvalue weighted by Gasteiger charge is 2.42. The second-order valence-corrected chi connectivity index (χ2v) is 7.37. The van der Waals surface area contributed by atoms with E-state index >= 15 is 0 Å². The molecule has 1 N–H and O–H groups in total. The Morgan fingerprint density at radius 2 is 2.05 bits per heavy atom. The molecule has 1 rings (SSSR count). The van der Waals surface area contributed by atoms with Crippen molar-refractivity contribution in [1.29, 1.82) is 0 Å². The highest BCUT2D eigenvalue weighted by Crippen LogP contribution is 2.35. The summed E-state index contributed by atoms with van der Waals surface area (Å²) < 4.78 is 5.06. The second-order valence-electron chi connectivity index (χ2n) is 6.27. The zero-order valence-corrected chi connectivity index (χ0v) is 13.4. The number of rotatable bonds is 3. The van der Waals surface area contributed by atoms with Crippen molar-refractivity contribution in [3.8, 4) is 0 Å². The second kappa shape index (κ2) is 6.03. The summed E-state index contributed by atoms with van der Waals surface area (Å²) in [5, 5.41) is 1.93. The molecule has 1 saturated heterocycles. The summed E-state index contributed by atoms with van der Waals surface area (Å²) in [6.07, 6.45) is 0.114. The Labute approximate surface area is 123 Å². The number of nitrogens with zero attached hydrogens (tertiary/aromatic N) is 1. The monoisotopic (exact) mass is 302 g/mol. The number of aldehydes is 1. The summed E-state index contributed by atoms with van der Waals surface area (Å²) in [6.45, 7) is 8.86. The van der Waals surface area contributed by atoms with Crippen LogP contribution in [-0.2, 0) is 14.3 Å². The Kier molecular flexibility index (Phi) is 5.07. The van der Waals surface area contributed by atoms with E-state index in [2.05, 4.69) is 5.32 Å². The van der Waals surface area contributed by atoms with Crippen molar-refractivity contribution >= 4 is 30.0 Å². The van der Waals surface area contributed by atoms with Crippen molar-refractivity contribution in [2.45, 2.75) is 51.1 Å². The summed E-state index contributed by atoms with van der Waals surface area (Å²) in [5.41, 5.74) is -1.01. The normalized spacial score (nSPS) is 21.4. The average Bonchev–Trinajstić information content (AvgIpc) is 2.59. The molecule has 1 fully saturated rings. The van der Waals surface area contributed by atoms with Gasteiger partial charge in [0.05, 0.1) is 0 Å². The third-order valence-corrected chi connectivity index (χ3v) is 4.22. The Balaban J connectivity index is 2.58. The Morgan fingerprint density at radius 3 is 2.55 bits per heavy atom. The fourth-order valence-corrected chi connectivity index (χ4v) is 3.25. The molecule has 1 heterocycles. The number of hydrogen-bond donors (Lipinski definition) is 1. The fraction of sp³-hybridized carbons (Fsp3) is 0.769. The molecule has 1 unspecified atom stereocenters. The quantitative estimate of drug-likeness (QED) is 0.797. The van der Waals surface area contributed by atoms with Gasteiger partial charge in [0, 0.05) is 11.3 Å². The average molecular weight is 302 g/mol. The summed E-state index contributed by atoms with van der Waals surface area (Å²) in [6, 6.07) is 0. The molecule has 0 aromatic rings. The molecule has 0 spiro atoms. The lowest BCUT2D eigenvalue weighted by Crippen LogP contribution is -2.52. The van der Waals surface area contributed by atoms with Crippen LogP contribution in [0.15, 0.2) is 0 Å². The van der Waals surface area contributed by atoms with Gasteiger partial charge in [0.25, 0.3) is 0 Å². The van der Waals surface area contributed by atoms with Crippen molar-refractivity contribution in [2.24, 2.45) is 0 Å². The molecule has 0 radical (unpaired) electrons. The first kappa shape index (κ1) is 16.8. The smallest absolute Gasteiger partial charge is 0.408 e. The number of carbonyl (C=O) groups is 3. The Hall–Kier alpha value is -1.24. The predicted octanol–water partition coefficient (Wildman–Crippen LogP) is 1.39. The van der Waals surface area contributed by atoms with E-state index < -0.39 is 22.6 Å². The Morgan fingerprint density at radius 1 is 1.45 bits per heavy atom. The van der Waals surface area contributed by atoms with Gasteiger partial charge in [-0.25, -0.2) is 4.79 Å². The van der Waals surface area contributed by atoms with E-state index in [1.54, 1.807) is 20.8 Å². The summed E-state index contributed by atoms with van der Waals surface area (Å²) in [7, 11) is 0. The van der Waals surface area contributed by atoms with Crippen molar-refractivity contribution in [3.63, 3.8) is 0 Å². The molecule has 0 aromatic heterocycles. The highest BCUT2D eigenvalue weighted by atomic mass is 32.2. The maximum absolute atomic E-state index is 12.2. The largest absolute Gasteiger partial charge is 0.444 e. The minimum absolute atomic E-state index is 0.177. The van der Waals surface area contributed by atoms with Crippen LogP contribution in [0.3, 0.4) is 0 Å². The van der Waals surface area contributed by atoms with Gasteiger partial charge in [-0.3, -0.25) is 4.79 Å². The third kappa shape index (κ3) is 4.40. The van der Waals surface area contributed by atoms with Gasteiger partial charge in [-0.1, -0.05) is 0 Å². The van der Waals surface area contributed by atoms with E-state index in [1.807, 2.05) is 13.8 Å². The van der Waals surface area contributed by atoms with Gasteiger partial charge in [-0.15, -0.1) is 11.8 Å². The maximum Gasteiger partial charge on any atom is 0.408 e. The van der Waals surface area contributed by atoms with E-state index in [1.165, 1.54) is 16.7 Å². The number of amides is 2. The van der Waals surface area contributed by atoms with Crippen LogP contribution in [0.4, 0.5) is 4.79 Å². The number of alkyl carbamates (subject to hydrolysis) is 1. The van der Waals surface area contributed by atoms with Crippen LogP contribution in [0.5, 0.6) is 0 Å². The molecule has 20 heavy (non-hydrogen) atoms. The van der Waals surface area contributed by atoms with E-state index in [9.17, 15) is 14.4 Å². The SMILES string of the molecule is CC(C)(C)OC(=O)NCC(=O)N1C(C=O)SCC1(C)C. The first-order valence-electron chi connectivity index (χ1n) is 6.43.